The molecular weight excluding hydrogens is 424 g/mol. The number of para-hydroxylation sites is 1. The van der Waals surface area contributed by atoms with Crippen LogP contribution in [0.25, 0.3) is 0 Å². The molecule has 4 aromatic rings. The van der Waals surface area contributed by atoms with Gasteiger partial charge in [0.15, 0.2) is 0 Å². The van der Waals surface area contributed by atoms with Gasteiger partial charge in [0.25, 0.3) is 11.5 Å². The maximum absolute atomic E-state index is 12.9. The number of pyridine rings is 1. The topological polar surface area (TPSA) is 60.3 Å². The highest BCUT2D eigenvalue weighted by Crippen LogP contribution is 2.23. The number of hydrogen-bond donors (Lipinski definition) is 1. The molecule has 0 aliphatic carbocycles. The fourth-order valence-corrected chi connectivity index (χ4v) is 3.42. The zero-order chi connectivity index (χ0) is 22.3. The van der Waals surface area contributed by atoms with Gasteiger partial charge in [-0.05, 0) is 42.0 Å². The largest absolute Gasteiger partial charge is 0.488 e. The third kappa shape index (κ3) is 5.25. The second-order valence-electron chi connectivity index (χ2n) is 7.19. The van der Waals surface area contributed by atoms with Crippen LogP contribution in [0.3, 0.4) is 0 Å². The van der Waals surface area contributed by atoms with Gasteiger partial charge in [0.2, 0.25) is 0 Å². The quantitative estimate of drug-likeness (QED) is 0.416. The van der Waals surface area contributed by atoms with Crippen molar-refractivity contribution < 1.29 is 9.53 Å². The standard InChI is InChI=1S/C26H21ClN2O3/c27-23-9-3-1-7-20(23)18-32-24-10-4-2-8-22(24)26(31)28-21-14-12-19(13-15-21)17-29-16-6-5-11-25(29)30/h1-16H,17-18H2,(H,28,31). The van der Waals surface area contributed by atoms with E-state index in [9.17, 15) is 9.59 Å². The normalized spacial score (nSPS) is 10.5. The van der Waals surface area contributed by atoms with Crippen LogP contribution < -0.4 is 15.6 Å². The van der Waals surface area contributed by atoms with Crippen LogP contribution in [-0.2, 0) is 13.2 Å². The molecule has 0 bridgehead atoms. The lowest BCUT2D eigenvalue weighted by Crippen LogP contribution is -2.18. The fourth-order valence-electron chi connectivity index (χ4n) is 3.23. The Morgan fingerprint density at radius 2 is 1.59 bits per heavy atom. The van der Waals surface area contributed by atoms with Gasteiger partial charge in [-0.3, -0.25) is 9.59 Å². The summed E-state index contributed by atoms with van der Waals surface area (Å²) in [5, 5.41) is 3.51. The molecule has 0 saturated carbocycles. The van der Waals surface area contributed by atoms with E-state index < -0.39 is 0 Å². The van der Waals surface area contributed by atoms with E-state index >= 15 is 0 Å². The summed E-state index contributed by atoms with van der Waals surface area (Å²) in [6.07, 6.45) is 1.75. The molecule has 0 radical (unpaired) electrons. The van der Waals surface area contributed by atoms with Crippen LogP contribution >= 0.6 is 11.6 Å². The highest BCUT2D eigenvalue weighted by atomic mass is 35.5. The Morgan fingerprint density at radius 1 is 0.875 bits per heavy atom. The lowest BCUT2D eigenvalue weighted by molar-refractivity contribution is 0.102. The molecule has 1 heterocycles. The predicted octanol–water partition coefficient (Wildman–Crippen LogP) is 5.38. The van der Waals surface area contributed by atoms with Gasteiger partial charge in [0, 0.05) is 28.5 Å². The molecule has 0 aliphatic rings. The molecule has 1 aromatic heterocycles. The number of aromatic nitrogens is 1. The van der Waals surface area contributed by atoms with Crippen LogP contribution in [0.5, 0.6) is 5.75 Å². The number of hydrogen-bond acceptors (Lipinski definition) is 3. The Morgan fingerprint density at radius 3 is 2.38 bits per heavy atom. The van der Waals surface area contributed by atoms with Crippen LogP contribution in [-0.4, -0.2) is 10.5 Å². The highest BCUT2D eigenvalue weighted by Gasteiger charge is 2.13. The van der Waals surface area contributed by atoms with Crippen LogP contribution in [0.15, 0.2) is 102 Å². The molecule has 160 valence electrons. The molecule has 1 amide bonds. The molecule has 0 saturated heterocycles. The second-order valence-corrected chi connectivity index (χ2v) is 7.60. The zero-order valence-corrected chi connectivity index (χ0v) is 18.0. The Hall–Kier alpha value is -3.83. The summed E-state index contributed by atoms with van der Waals surface area (Å²) in [6.45, 7) is 0.726. The number of halogens is 1. The van der Waals surface area contributed by atoms with Crippen molar-refractivity contribution >= 4 is 23.2 Å². The number of rotatable bonds is 7. The van der Waals surface area contributed by atoms with E-state index in [1.807, 2.05) is 54.6 Å². The van der Waals surface area contributed by atoms with Crippen molar-refractivity contribution in [3.63, 3.8) is 0 Å². The van der Waals surface area contributed by atoms with E-state index in [1.54, 1.807) is 41.1 Å². The van der Waals surface area contributed by atoms with Gasteiger partial charge in [-0.1, -0.05) is 60.1 Å². The number of nitrogens with zero attached hydrogens (tertiary/aromatic N) is 1. The first-order valence-electron chi connectivity index (χ1n) is 10.1. The average molecular weight is 445 g/mol. The molecular formula is C26H21ClN2O3. The van der Waals surface area contributed by atoms with Gasteiger partial charge in [-0.25, -0.2) is 0 Å². The number of amides is 1. The van der Waals surface area contributed by atoms with Gasteiger partial charge in [-0.2, -0.15) is 0 Å². The minimum Gasteiger partial charge on any atom is -0.488 e. The van der Waals surface area contributed by atoms with Crippen molar-refractivity contribution in [3.05, 3.63) is 129 Å². The van der Waals surface area contributed by atoms with E-state index in [4.69, 9.17) is 16.3 Å². The Bertz CT molecular complexity index is 1280. The second kappa shape index (κ2) is 9.98. The molecule has 32 heavy (non-hydrogen) atoms. The summed E-state index contributed by atoms with van der Waals surface area (Å²) in [5.41, 5.74) is 2.83. The van der Waals surface area contributed by atoms with Crippen LogP contribution in [0.1, 0.15) is 21.5 Å². The highest BCUT2D eigenvalue weighted by molar-refractivity contribution is 6.31. The third-order valence-corrected chi connectivity index (χ3v) is 5.31. The van der Waals surface area contributed by atoms with Gasteiger partial charge in [-0.15, -0.1) is 0 Å². The Balaban J connectivity index is 1.43. The summed E-state index contributed by atoms with van der Waals surface area (Å²) in [5.74, 6) is 0.205. The number of nitrogens with one attached hydrogen (secondary N) is 1. The van der Waals surface area contributed by atoms with E-state index in [0.717, 1.165) is 11.1 Å². The van der Waals surface area contributed by atoms with E-state index in [2.05, 4.69) is 5.32 Å². The molecule has 5 nitrogen and oxygen atoms in total. The van der Waals surface area contributed by atoms with E-state index in [0.29, 0.717) is 28.6 Å². The monoisotopic (exact) mass is 444 g/mol. The summed E-state index contributed by atoms with van der Waals surface area (Å²) in [7, 11) is 0. The average Bonchev–Trinajstić information content (AvgIpc) is 2.81. The summed E-state index contributed by atoms with van der Waals surface area (Å²) >= 11 is 6.19. The minimum atomic E-state index is -0.271. The molecule has 3 aromatic carbocycles. The maximum atomic E-state index is 12.9. The van der Waals surface area contributed by atoms with Crippen LogP contribution in [0.4, 0.5) is 5.69 Å². The summed E-state index contributed by atoms with van der Waals surface area (Å²) < 4.78 is 7.51. The van der Waals surface area contributed by atoms with Gasteiger partial charge in [0.1, 0.15) is 12.4 Å². The zero-order valence-electron chi connectivity index (χ0n) is 17.2. The molecule has 6 heteroatoms. The SMILES string of the molecule is O=C(Nc1ccc(Cn2ccccc2=O)cc1)c1ccccc1OCc1ccccc1Cl. The first-order chi connectivity index (χ1) is 15.6. The van der Waals surface area contributed by atoms with Gasteiger partial charge >= 0.3 is 0 Å². The number of carbonyl (C=O) groups is 1. The van der Waals surface area contributed by atoms with Crippen molar-refractivity contribution in [2.75, 3.05) is 5.32 Å². The first kappa shape index (κ1) is 21.4. The molecule has 0 atom stereocenters. The van der Waals surface area contributed by atoms with Crippen molar-refractivity contribution in [1.82, 2.24) is 4.57 Å². The van der Waals surface area contributed by atoms with Crippen molar-refractivity contribution in [2.24, 2.45) is 0 Å². The number of carbonyl (C=O) groups excluding carboxylic acids is 1. The number of anilines is 1. The van der Waals surface area contributed by atoms with Crippen molar-refractivity contribution in [2.45, 2.75) is 13.2 Å². The molecule has 1 N–H and O–H groups in total. The van der Waals surface area contributed by atoms with Crippen LogP contribution in [0.2, 0.25) is 5.02 Å². The summed E-state index contributed by atoms with van der Waals surface area (Å²) in [4.78, 5) is 24.7. The maximum Gasteiger partial charge on any atom is 0.259 e. The molecule has 0 fully saturated rings. The molecule has 0 spiro atoms. The number of benzene rings is 3. The lowest BCUT2D eigenvalue weighted by atomic mass is 10.1. The Kier molecular flexibility index (Phi) is 6.68. The van der Waals surface area contributed by atoms with Crippen LogP contribution in [0, 0.1) is 0 Å². The Labute approximate surface area is 190 Å². The lowest BCUT2D eigenvalue weighted by Gasteiger charge is -2.13. The first-order valence-corrected chi connectivity index (χ1v) is 10.5. The predicted molar refractivity (Wildman–Crippen MR) is 126 cm³/mol. The van der Waals surface area contributed by atoms with E-state index in [1.165, 1.54) is 6.07 Å². The smallest absolute Gasteiger partial charge is 0.259 e. The number of ether oxygens (including phenoxy) is 1. The van der Waals surface area contributed by atoms with Crippen molar-refractivity contribution in [3.8, 4) is 5.75 Å². The molecule has 4 rings (SSSR count). The molecule has 0 aliphatic heterocycles. The summed E-state index contributed by atoms with van der Waals surface area (Å²) in [6, 6.07) is 27.0. The van der Waals surface area contributed by atoms with Gasteiger partial charge < -0.3 is 14.6 Å². The van der Waals surface area contributed by atoms with Gasteiger partial charge in [0.05, 0.1) is 12.1 Å². The third-order valence-electron chi connectivity index (χ3n) is 4.94. The van der Waals surface area contributed by atoms with E-state index in [-0.39, 0.29) is 18.1 Å². The fraction of sp³-hybridized carbons (Fsp3) is 0.0769. The van der Waals surface area contributed by atoms with Crippen molar-refractivity contribution in [1.29, 1.82) is 0 Å². The molecule has 0 unspecified atom stereocenters. The minimum absolute atomic E-state index is 0.0572.